The van der Waals surface area contributed by atoms with Gasteiger partial charge in [-0.2, -0.15) is 0 Å². The highest BCUT2D eigenvalue weighted by atomic mass is 31.2. The van der Waals surface area contributed by atoms with Gasteiger partial charge in [0.05, 0.1) is 19.8 Å². The van der Waals surface area contributed by atoms with Crippen molar-refractivity contribution < 1.29 is 47.8 Å². The normalized spacial score (nSPS) is 14.4. The minimum Gasteiger partial charge on any atom is -0.462 e. The summed E-state index contributed by atoms with van der Waals surface area (Å²) < 4.78 is 32.6. The van der Waals surface area contributed by atoms with Crippen LogP contribution in [0.25, 0.3) is 0 Å². The van der Waals surface area contributed by atoms with Crippen LogP contribution in [0, 0.1) is 0 Å². The number of phosphoric acid groups is 1. The molecule has 0 bridgehead atoms. The van der Waals surface area contributed by atoms with Crippen molar-refractivity contribution in [2.45, 2.75) is 180 Å². The molecule has 3 atom stereocenters. The molecule has 0 aromatic heterocycles. The third-order valence-corrected chi connectivity index (χ3v) is 9.22. The summed E-state index contributed by atoms with van der Waals surface area (Å²) in [4.78, 5) is 34.9. The average molecular weight is 745 g/mol. The molecule has 11 heteroatoms. The molecule has 298 valence electrons. The number of unbranched alkanes of at least 4 members (excludes halogenated alkanes) is 17. The molecule has 0 aliphatic heterocycles. The maximum atomic E-state index is 12.6. The van der Waals surface area contributed by atoms with Crippen molar-refractivity contribution in [3.8, 4) is 0 Å². The summed E-state index contributed by atoms with van der Waals surface area (Å²) in [5.74, 6) is -0.952. The van der Waals surface area contributed by atoms with Gasteiger partial charge in [0.1, 0.15) is 12.7 Å². The molecule has 0 rings (SSSR count). The average Bonchev–Trinajstić information content (AvgIpc) is 3.12. The number of aliphatic hydroxyl groups excluding tert-OH is 2. The maximum absolute atomic E-state index is 12.6. The van der Waals surface area contributed by atoms with Crippen molar-refractivity contribution in [2.75, 3.05) is 26.4 Å². The fourth-order valence-electron chi connectivity index (χ4n) is 5.13. The van der Waals surface area contributed by atoms with Crippen molar-refractivity contribution in [1.82, 2.24) is 0 Å². The summed E-state index contributed by atoms with van der Waals surface area (Å²) in [6.07, 6.45) is 35.4. The van der Waals surface area contributed by atoms with Gasteiger partial charge < -0.3 is 24.6 Å². The van der Waals surface area contributed by atoms with Crippen LogP contribution < -0.4 is 0 Å². The van der Waals surface area contributed by atoms with E-state index in [0.29, 0.717) is 12.8 Å². The first-order chi connectivity index (χ1) is 24.7. The summed E-state index contributed by atoms with van der Waals surface area (Å²) in [6, 6.07) is 0. The van der Waals surface area contributed by atoms with E-state index >= 15 is 0 Å². The SMILES string of the molecule is CCCCC/C=C/C/C=C/CCCCCCCC(=O)O[C@H](COC(=O)CCCCCCC/C=C/CCCCCC)COP(=O)(O)OC[C@@H](O)CO. The van der Waals surface area contributed by atoms with E-state index < -0.39 is 51.8 Å². The Kier molecular flexibility index (Phi) is 35.2. The second kappa shape index (κ2) is 36.5. The lowest BCUT2D eigenvalue weighted by molar-refractivity contribution is -0.161. The van der Waals surface area contributed by atoms with Crippen molar-refractivity contribution in [2.24, 2.45) is 0 Å². The number of rotatable bonds is 37. The zero-order chi connectivity index (χ0) is 37.7. The molecule has 0 fully saturated rings. The third-order valence-electron chi connectivity index (χ3n) is 8.27. The molecule has 10 nitrogen and oxygen atoms in total. The van der Waals surface area contributed by atoms with Crippen molar-refractivity contribution >= 4 is 19.8 Å². The van der Waals surface area contributed by atoms with Gasteiger partial charge in [0.2, 0.25) is 0 Å². The van der Waals surface area contributed by atoms with Crippen LogP contribution in [0.3, 0.4) is 0 Å². The second-order valence-corrected chi connectivity index (χ2v) is 14.8. The molecule has 0 aliphatic carbocycles. The molecule has 0 heterocycles. The molecule has 0 radical (unpaired) electrons. The van der Waals surface area contributed by atoms with Crippen LogP contribution in [-0.2, 0) is 32.7 Å². The van der Waals surface area contributed by atoms with Gasteiger partial charge in [0.15, 0.2) is 6.10 Å². The molecule has 0 amide bonds. The topological polar surface area (TPSA) is 149 Å². The molecule has 0 aliphatic rings. The number of allylic oxidation sites excluding steroid dienone is 6. The Balaban J connectivity index is 4.39. The number of esters is 2. The minimum atomic E-state index is -4.62. The summed E-state index contributed by atoms with van der Waals surface area (Å²) in [6.45, 7) is 2.30. The molecule has 0 aromatic carbocycles. The van der Waals surface area contributed by atoms with Crippen LogP contribution >= 0.6 is 7.82 Å². The first-order valence-corrected chi connectivity index (χ1v) is 21.4. The molecule has 3 N–H and O–H groups in total. The van der Waals surface area contributed by atoms with E-state index in [2.05, 4.69) is 54.8 Å². The largest absolute Gasteiger partial charge is 0.472 e. The maximum Gasteiger partial charge on any atom is 0.472 e. The Labute approximate surface area is 310 Å². The quantitative estimate of drug-likeness (QED) is 0.0243. The number of carbonyl (C=O) groups excluding carboxylic acids is 2. The van der Waals surface area contributed by atoms with E-state index in [-0.39, 0.29) is 19.4 Å². The standard InChI is InChI=1S/C40H73O10P/c1-3-5-7-9-11-13-15-17-18-20-22-24-26-28-30-32-40(44)50-38(36-49-51(45,46)48-34-37(42)33-41)35-47-39(43)31-29-27-25-23-21-19-16-14-12-10-8-6-4-2/h11,13-14,16-18,37-38,41-42H,3-10,12,15,19-36H2,1-2H3,(H,45,46)/b13-11+,16-14+,18-17+/t37-,38+/m0/s1. The molecule has 0 spiro atoms. The predicted molar refractivity (Wildman–Crippen MR) is 205 cm³/mol. The zero-order valence-electron chi connectivity index (χ0n) is 32.1. The Bertz CT molecular complexity index is 952. The minimum absolute atomic E-state index is 0.166. The summed E-state index contributed by atoms with van der Waals surface area (Å²) in [7, 11) is -4.62. The van der Waals surface area contributed by atoms with Crippen molar-refractivity contribution in [1.29, 1.82) is 0 Å². The van der Waals surface area contributed by atoms with E-state index in [1.54, 1.807) is 0 Å². The van der Waals surface area contributed by atoms with Crippen molar-refractivity contribution in [3.05, 3.63) is 36.5 Å². The molecule has 1 unspecified atom stereocenters. The van der Waals surface area contributed by atoms with Gasteiger partial charge in [-0.15, -0.1) is 0 Å². The van der Waals surface area contributed by atoms with Crippen LogP contribution in [0.4, 0.5) is 0 Å². The van der Waals surface area contributed by atoms with E-state index in [9.17, 15) is 24.2 Å². The first kappa shape index (κ1) is 49.2. The second-order valence-electron chi connectivity index (χ2n) is 13.3. The highest BCUT2D eigenvalue weighted by molar-refractivity contribution is 7.47. The van der Waals surface area contributed by atoms with Gasteiger partial charge in [0.25, 0.3) is 0 Å². The Hall–Kier alpha value is -1.81. The highest BCUT2D eigenvalue weighted by Crippen LogP contribution is 2.43. The van der Waals surface area contributed by atoms with Gasteiger partial charge in [-0.3, -0.25) is 18.6 Å². The van der Waals surface area contributed by atoms with Gasteiger partial charge in [0, 0.05) is 12.8 Å². The van der Waals surface area contributed by atoms with E-state index in [1.807, 2.05) is 0 Å². The van der Waals surface area contributed by atoms with Gasteiger partial charge in [-0.25, -0.2) is 4.57 Å². The lowest BCUT2D eigenvalue weighted by Crippen LogP contribution is -2.29. The number of hydrogen-bond donors (Lipinski definition) is 3. The lowest BCUT2D eigenvalue weighted by atomic mass is 10.1. The first-order valence-electron chi connectivity index (χ1n) is 19.9. The Morgan fingerprint density at radius 1 is 0.588 bits per heavy atom. The van der Waals surface area contributed by atoms with Gasteiger partial charge in [-0.1, -0.05) is 121 Å². The molecule has 0 saturated carbocycles. The smallest absolute Gasteiger partial charge is 0.462 e. The summed E-state index contributed by atoms with van der Waals surface area (Å²) in [5.41, 5.74) is 0. The molecule has 51 heavy (non-hydrogen) atoms. The van der Waals surface area contributed by atoms with Crippen LogP contribution in [0.5, 0.6) is 0 Å². The van der Waals surface area contributed by atoms with E-state index in [4.69, 9.17) is 19.1 Å². The molecular formula is C40H73O10P. The number of phosphoric ester groups is 1. The zero-order valence-corrected chi connectivity index (χ0v) is 33.0. The molecule has 0 aromatic rings. The monoisotopic (exact) mass is 744 g/mol. The van der Waals surface area contributed by atoms with Crippen LogP contribution in [-0.4, -0.2) is 65.7 Å². The fourth-order valence-corrected chi connectivity index (χ4v) is 5.92. The number of ether oxygens (including phenoxy) is 2. The van der Waals surface area contributed by atoms with E-state index in [1.165, 1.54) is 44.9 Å². The van der Waals surface area contributed by atoms with Crippen LogP contribution in [0.1, 0.15) is 168 Å². The highest BCUT2D eigenvalue weighted by Gasteiger charge is 2.27. The van der Waals surface area contributed by atoms with Crippen LogP contribution in [0.15, 0.2) is 36.5 Å². The third kappa shape index (κ3) is 36.3. The fraction of sp³-hybridized carbons (Fsp3) is 0.800. The number of hydrogen-bond acceptors (Lipinski definition) is 9. The van der Waals surface area contributed by atoms with Gasteiger partial charge >= 0.3 is 19.8 Å². The molecule has 0 saturated heterocycles. The number of aliphatic hydroxyl groups is 2. The Morgan fingerprint density at radius 3 is 1.57 bits per heavy atom. The number of carbonyl (C=O) groups is 2. The Morgan fingerprint density at radius 2 is 1.02 bits per heavy atom. The predicted octanol–water partition coefficient (Wildman–Crippen LogP) is 10.00. The van der Waals surface area contributed by atoms with Crippen LogP contribution in [0.2, 0.25) is 0 Å². The van der Waals surface area contributed by atoms with Crippen molar-refractivity contribution in [3.63, 3.8) is 0 Å². The summed E-state index contributed by atoms with van der Waals surface area (Å²) in [5, 5.41) is 18.3. The van der Waals surface area contributed by atoms with E-state index in [0.717, 1.165) is 83.5 Å². The summed E-state index contributed by atoms with van der Waals surface area (Å²) >= 11 is 0. The van der Waals surface area contributed by atoms with Gasteiger partial charge in [-0.05, 0) is 70.6 Å². The lowest BCUT2D eigenvalue weighted by Gasteiger charge is -2.20. The molecular weight excluding hydrogens is 671 g/mol.